The van der Waals surface area contributed by atoms with Gasteiger partial charge >= 0.3 is 0 Å². The third kappa shape index (κ3) is 4.42. The molecule has 3 aromatic rings. The number of piperidine rings is 1. The summed E-state index contributed by atoms with van der Waals surface area (Å²) in [5, 5.41) is 6.20. The van der Waals surface area contributed by atoms with Gasteiger partial charge in [-0.15, -0.1) is 11.8 Å². The van der Waals surface area contributed by atoms with E-state index in [-0.39, 0.29) is 29.0 Å². The first-order chi connectivity index (χ1) is 17.5. The smallest absolute Gasteiger partial charge is 0.251 e. The topological polar surface area (TPSA) is 79.3 Å². The zero-order valence-electron chi connectivity index (χ0n) is 19.7. The summed E-state index contributed by atoms with van der Waals surface area (Å²) in [7, 11) is 0. The summed E-state index contributed by atoms with van der Waals surface area (Å²) >= 11 is 1.36. The summed E-state index contributed by atoms with van der Waals surface area (Å²) < 4.78 is 30.9. The molecule has 0 spiro atoms. The molecule has 36 heavy (non-hydrogen) atoms. The van der Waals surface area contributed by atoms with E-state index in [9.17, 15) is 18.4 Å². The minimum absolute atomic E-state index is 0.0607. The van der Waals surface area contributed by atoms with Gasteiger partial charge in [0, 0.05) is 47.6 Å². The molecule has 0 bridgehead atoms. The van der Waals surface area contributed by atoms with Crippen LogP contribution in [0.5, 0.6) is 0 Å². The molecular formula is C26H27F2N5O2S. The van der Waals surface area contributed by atoms with Crippen LogP contribution in [0.3, 0.4) is 0 Å². The monoisotopic (exact) mass is 511 g/mol. The van der Waals surface area contributed by atoms with E-state index in [0.29, 0.717) is 59.2 Å². The molecule has 0 saturated carbocycles. The maximum atomic E-state index is 14.7. The largest absolute Gasteiger partial charge is 0.324 e. The molecule has 7 nitrogen and oxygen atoms in total. The van der Waals surface area contributed by atoms with Crippen molar-refractivity contribution < 1.29 is 13.6 Å². The Morgan fingerprint density at radius 2 is 1.97 bits per heavy atom. The van der Waals surface area contributed by atoms with Crippen LogP contribution in [0.2, 0.25) is 0 Å². The number of aromatic nitrogens is 2. The number of fused-ring (bicyclic) bond motifs is 1. The highest BCUT2D eigenvalue weighted by Gasteiger charge is 2.31. The molecule has 2 aromatic heterocycles. The van der Waals surface area contributed by atoms with Crippen LogP contribution in [0.25, 0.3) is 11.0 Å². The molecule has 0 aliphatic carbocycles. The van der Waals surface area contributed by atoms with Crippen molar-refractivity contribution >= 4 is 34.4 Å². The van der Waals surface area contributed by atoms with Crippen LogP contribution < -0.4 is 16.2 Å². The number of nitrogens with one attached hydrogen (secondary N) is 2. The third-order valence-electron chi connectivity index (χ3n) is 7.52. The molecule has 6 rings (SSSR count). The second-order valence-electron chi connectivity index (χ2n) is 9.88. The highest BCUT2D eigenvalue weighted by Crippen LogP contribution is 2.35. The number of hydrogen-bond donors (Lipinski definition) is 2. The van der Waals surface area contributed by atoms with Crippen molar-refractivity contribution in [2.75, 3.05) is 37.2 Å². The molecule has 3 aliphatic rings. The minimum Gasteiger partial charge on any atom is -0.324 e. The van der Waals surface area contributed by atoms with Gasteiger partial charge in [-0.05, 0) is 56.6 Å². The maximum Gasteiger partial charge on any atom is 0.251 e. The number of rotatable bonds is 6. The summed E-state index contributed by atoms with van der Waals surface area (Å²) in [5.41, 5.74) is 3.04. The summed E-state index contributed by atoms with van der Waals surface area (Å²) in [5.74, 6) is 0.0756. The van der Waals surface area contributed by atoms with E-state index in [4.69, 9.17) is 0 Å². The maximum absolute atomic E-state index is 14.7. The lowest BCUT2D eigenvalue weighted by Crippen LogP contribution is -2.39. The highest BCUT2D eigenvalue weighted by atomic mass is 32.2. The molecule has 3 aliphatic heterocycles. The van der Waals surface area contributed by atoms with Crippen LogP contribution in [0.4, 0.5) is 14.5 Å². The van der Waals surface area contributed by atoms with Crippen LogP contribution >= 0.6 is 11.8 Å². The van der Waals surface area contributed by atoms with Crippen molar-refractivity contribution in [2.45, 2.75) is 36.7 Å². The van der Waals surface area contributed by atoms with E-state index < -0.39 is 0 Å². The molecule has 1 unspecified atom stereocenters. The quantitative estimate of drug-likeness (QED) is 0.529. The second-order valence-corrected chi connectivity index (χ2v) is 10.9. The van der Waals surface area contributed by atoms with Crippen LogP contribution in [-0.4, -0.2) is 52.3 Å². The van der Waals surface area contributed by atoms with E-state index in [2.05, 4.69) is 20.5 Å². The first-order valence-corrected chi connectivity index (χ1v) is 13.3. The van der Waals surface area contributed by atoms with Crippen molar-refractivity contribution in [3.8, 4) is 0 Å². The number of benzene rings is 1. The van der Waals surface area contributed by atoms with Gasteiger partial charge in [0.05, 0.1) is 28.7 Å². The fourth-order valence-electron chi connectivity index (χ4n) is 5.67. The number of carbonyl (C=O) groups excluding carboxylic acids is 1. The number of carbonyl (C=O) groups is 1. The van der Waals surface area contributed by atoms with Crippen molar-refractivity contribution in [1.82, 2.24) is 19.8 Å². The molecule has 1 fully saturated rings. The van der Waals surface area contributed by atoms with Crippen LogP contribution in [0, 0.1) is 17.6 Å². The Morgan fingerprint density at radius 1 is 1.14 bits per heavy atom. The average Bonchev–Trinajstić information content (AvgIpc) is 3.26. The molecule has 188 valence electrons. The van der Waals surface area contributed by atoms with Crippen LogP contribution in [-0.2, 0) is 17.9 Å². The van der Waals surface area contributed by atoms with E-state index in [1.807, 2.05) is 0 Å². The summed E-state index contributed by atoms with van der Waals surface area (Å²) in [6, 6.07) is 6.40. The van der Waals surface area contributed by atoms with Gasteiger partial charge in [0.1, 0.15) is 11.6 Å². The Morgan fingerprint density at radius 3 is 2.81 bits per heavy atom. The number of nitrogens with zero attached hydrogens (tertiary/aromatic N) is 3. The fourth-order valence-corrected chi connectivity index (χ4v) is 6.48. The van der Waals surface area contributed by atoms with Crippen molar-refractivity contribution in [3.63, 3.8) is 0 Å². The van der Waals surface area contributed by atoms with E-state index in [1.54, 1.807) is 16.7 Å². The number of likely N-dealkylation sites (tertiary alicyclic amines) is 1. The van der Waals surface area contributed by atoms with E-state index in [1.165, 1.54) is 30.1 Å². The zero-order chi connectivity index (χ0) is 24.8. The van der Waals surface area contributed by atoms with Crippen molar-refractivity contribution in [3.05, 3.63) is 63.6 Å². The molecule has 10 heteroatoms. The Balaban J connectivity index is 1.02. The SMILES string of the molecule is O=C1CSc2cc(F)c(CNCC3CCN(CC4Cn5c(=O)ccc6ncc(F)c4c65)CC3)cc2N1. The average molecular weight is 512 g/mol. The predicted molar refractivity (Wildman–Crippen MR) is 135 cm³/mol. The van der Waals surface area contributed by atoms with Gasteiger partial charge in [-0.25, -0.2) is 8.78 Å². The molecule has 1 atom stereocenters. The van der Waals surface area contributed by atoms with Gasteiger partial charge in [-0.1, -0.05) is 0 Å². The van der Waals surface area contributed by atoms with Gasteiger partial charge in [0.2, 0.25) is 5.91 Å². The van der Waals surface area contributed by atoms with Crippen molar-refractivity contribution in [2.24, 2.45) is 5.92 Å². The van der Waals surface area contributed by atoms with Gasteiger partial charge in [0.25, 0.3) is 5.56 Å². The van der Waals surface area contributed by atoms with Gasteiger partial charge in [-0.2, -0.15) is 0 Å². The number of halogens is 2. The zero-order valence-corrected chi connectivity index (χ0v) is 20.5. The van der Waals surface area contributed by atoms with E-state index in [0.717, 1.165) is 37.4 Å². The number of amides is 1. The first kappa shape index (κ1) is 23.6. The number of hydrogen-bond acceptors (Lipinski definition) is 6. The Labute approximate surface area is 211 Å². The van der Waals surface area contributed by atoms with Gasteiger partial charge in [-0.3, -0.25) is 14.6 Å². The van der Waals surface area contributed by atoms with Gasteiger partial charge < -0.3 is 20.1 Å². The Kier molecular flexibility index (Phi) is 6.27. The molecule has 1 aromatic carbocycles. The number of pyridine rings is 2. The van der Waals surface area contributed by atoms with Crippen LogP contribution in [0.1, 0.15) is 29.9 Å². The fraction of sp³-hybridized carbons (Fsp3) is 0.423. The molecule has 5 heterocycles. The lowest BCUT2D eigenvalue weighted by molar-refractivity contribution is -0.113. The Bertz CT molecular complexity index is 1400. The highest BCUT2D eigenvalue weighted by molar-refractivity contribution is 8.00. The summed E-state index contributed by atoms with van der Waals surface area (Å²) in [6.07, 6.45) is 3.27. The Hall–Kier alpha value is -2.82. The molecular weight excluding hydrogens is 484 g/mol. The predicted octanol–water partition coefficient (Wildman–Crippen LogP) is 3.32. The third-order valence-corrected chi connectivity index (χ3v) is 8.57. The minimum atomic E-state index is -0.337. The molecule has 2 N–H and O–H groups in total. The summed E-state index contributed by atoms with van der Waals surface area (Å²) in [6.45, 7) is 4.20. The van der Waals surface area contributed by atoms with Crippen molar-refractivity contribution in [1.29, 1.82) is 0 Å². The standard InChI is InChI=1S/C26H27F2N5O2S/c27-18-8-22-21(31-23(34)14-36-22)7-16(18)10-29-9-15-3-5-32(6-4-15)12-17-13-33-24(35)2-1-20-26(33)25(17)19(28)11-30-20/h1-2,7-8,11,15,17,29H,3-6,9-10,12-14H2,(H,31,34). The lowest BCUT2D eigenvalue weighted by atomic mass is 9.94. The first-order valence-electron chi connectivity index (χ1n) is 12.3. The van der Waals surface area contributed by atoms with Crippen LogP contribution in [0.15, 0.2) is 40.2 Å². The molecule has 0 radical (unpaired) electrons. The number of anilines is 1. The normalized spacial score (nSPS) is 20.1. The molecule has 1 saturated heterocycles. The summed E-state index contributed by atoms with van der Waals surface area (Å²) in [4.78, 5) is 31.3. The number of thioether (sulfide) groups is 1. The lowest BCUT2D eigenvalue weighted by Gasteiger charge is -2.33. The van der Waals surface area contributed by atoms with Gasteiger partial charge in [0.15, 0.2) is 0 Å². The second kappa shape index (κ2) is 9.57. The molecule has 1 amide bonds. The van der Waals surface area contributed by atoms with E-state index >= 15 is 0 Å².